The van der Waals surface area contributed by atoms with E-state index in [9.17, 15) is 0 Å². The largest absolute Gasteiger partial charge is 0.373 e. The molecule has 3 aromatic heterocycles. The van der Waals surface area contributed by atoms with Crippen LogP contribution in [0.15, 0.2) is 170 Å². The Balaban J connectivity index is 1.16. The molecule has 1 unspecified atom stereocenters. The first-order chi connectivity index (χ1) is 24.8. The van der Waals surface area contributed by atoms with Crippen molar-refractivity contribution in [1.29, 1.82) is 0 Å². The topological polar surface area (TPSA) is 42.7 Å². The number of nitrogens with zero attached hydrogens (tertiary/aromatic N) is 3. The highest BCUT2D eigenvalue weighted by molar-refractivity contribution is 7.23. The zero-order valence-corrected chi connectivity index (χ0v) is 27.8. The third-order valence-corrected chi connectivity index (χ3v) is 10.9. The number of hydrogen-bond donors (Lipinski definition) is 1. The normalized spacial score (nSPS) is 13.6. The van der Waals surface area contributed by atoms with Gasteiger partial charge >= 0.3 is 0 Å². The lowest BCUT2D eigenvalue weighted by Gasteiger charge is -2.28. The van der Waals surface area contributed by atoms with E-state index in [1.54, 1.807) is 0 Å². The van der Waals surface area contributed by atoms with Crippen LogP contribution in [0.2, 0.25) is 0 Å². The van der Waals surface area contributed by atoms with Crippen molar-refractivity contribution in [2.24, 2.45) is 0 Å². The molecule has 10 rings (SSSR count). The SMILES string of the molecule is c1ccc(-c2cc(-c3ccc(-n4c5ccccc5c5sc6c(c54)C(c4ccccc4)Nc4ccccc4-6)cc3)nc(-c3ccccc3)n2)cc1. The van der Waals surface area contributed by atoms with Crippen molar-refractivity contribution < 1.29 is 0 Å². The van der Waals surface area contributed by atoms with Crippen LogP contribution in [0.1, 0.15) is 17.2 Å². The lowest BCUT2D eigenvalue weighted by molar-refractivity contribution is 0.937. The second-order valence-corrected chi connectivity index (χ2v) is 13.7. The summed E-state index contributed by atoms with van der Waals surface area (Å²) in [4.78, 5) is 11.4. The fourth-order valence-electron chi connectivity index (χ4n) is 7.34. The van der Waals surface area contributed by atoms with Gasteiger partial charge in [0.25, 0.3) is 0 Å². The highest BCUT2D eigenvalue weighted by Gasteiger charge is 2.32. The summed E-state index contributed by atoms with van der Waals surface area (Å²) in [5.74, 6) is 0.716. The predicted octanol–water partition coefficient (Wildman–Crippen LogP) is 11.8. The molecular formula is C45H30N4S. The van der Waals surface area contributed by atoms with Gasteiger partial charge in [-0.15, -0.1) is 11.3 Å². The molecule has 0 saturated heterocycles. The predicted molar refractivity (Wildman–Crippen MR) is 208 cm³/mol. The number of benzene rings is 6. The van der Waals surface area contributed by atoms with E-state index >= 15 is 0 Å². The summed E-state index contributed by atoms with van der Waals surface area (Å²) in [6.07, 6.45) is 0. The molecule has 5 heteroatoms. The standard InChI is InChI=1S/C45H30N4S/c1-4-14-29(15-5-1)37-28-38(48-45(47-37)32-18-8-3-9-19-32)30-24-26-33(27-25-30)49-39-23-13-11-21-35(39)44-42(49)40-41(31-16-6-2-7-17-31)46-36-22-12-10-20-34(36)43(40)50-44/h1-28,41,46H. The molecule has 4 heterocycles. The first kappa shape index (κ1) is 28.7. The summed E-state index contributed by atoms with van der Waals surface area (Å²) < 4.78 is 3.77. The third-order valence-electron chi connectivity index (χ3n) is 9.67. The molecule has 0 spiro atoms. The summed E-state index contributed by atoms with van der Waals surface area (Å²) in [6.45, 7) is 0. The van der Waals surface area contributed by atoms with Gasteiger partial charge in [-0.2, -0.15) is 0 Å². The maximum Gasteiger partial charge on any atom is 0.160 e. The Labute approximate surface area is 294 Å². The van der Waals surface area contributed by atoms with E-state index in [1.807, 2.05) is 35.6 Å². The molecule has 1 N–H and O–H groups in total. The number of rotatable bonds is 5. The Morgan fingerprint density at radius 1 is 0.560 bits per heavy atom. The van der Waals surface area contributed by atoms with E-state index < -0.39 is 0 Å². The first-order valence-corrected chi connectivity index (χ1v) is 17.7. The zero-order chi connectivity index (χ0) is 33.0. The number of nitrogens with one attached hydrogen (secondary N) is 1. The van der Waals surface area contributed by atoms with Crippen molar-refractivity contribution in [3.8, 4) is 50.0 Å². The lowest BCUT2D eigenvalue weighted by Crippen LogP contribution is -2.17. The van der Waals surface area contributed by atoms with Crippen molar-refractivity contribution >= 4 is 38.1 Å². The minimum Gasteiger partial charge on any atom is -0.373 e. The quantitative estimate of drug-likeness (QED) is 0.200. The van der Waals surface area contributed by atoms with Gasteiger partial charge in [0.1, 0.15) is 0 Å². The molecule has 236 valence electrons. The molecule has 6 aromatic carbocycles. The fourth-order valence-corrected chi connectivity index (χ4v) is 8.73. The number of fused-ring (bicyclic) bond motifs is 7. The fraction of sp³-hybridized carbons (Fsp3) is 0.0222. The van der Waals surface area contributed by atoms with E-state index in [2.05, 4.69) is 155 Å². The molecule has 1 aliphatic rings. The summed E-state index contributed by atoms with van der Waals surface area (Å²) in [5, 5.41) is 5.19. The number of hydrogen-bond acceptors (Lipinski definition) is 4. The van der Waals surface area contributed by atoms with Crippen LogP contribution in [0.5, 0.6) is 0 Å². The minimum absolute atomic E-state index is 0.0195. The van der Waals surface area contributed by atoms with Crippen molar-refractivity contribution in [3.63, 3.8) is 0 Å². The van der Waals surface area contributed by atoms with E-state index in [4.69, 9.17) is 9.97 Å². The van der Waals surface area contributed by atoms with Crippen LogP contribution in [0.3, 0.4) is 0 Å². The van der Waals surface area contributed by atoms with Crippen molar-refractivity contribution in [1.82, 2.24) is 14.5 Å². The number of para-hydroxylation sites is 2. The Morgan fingerprint density at radius 3 is 1.90 bits per heavy atom. The van der Waals surface area contributed by atoms with Gasteiger partial charge in [-0.05, 0) is 35.9 Å². The molecule has 0 bridgehead atoms. The summed E-state index contributed by atoms with van der Waals surface area (Å²) >= 11 is 1.91. The highest BCUT2D eigenvalue weighted by Crippen LogP contribution is 2.53. The zero-order valence-electron chi connectivity index (χ0n) is 27.0. The van der Waals surface area contributed by atoms with Crippen LogP contribution >= 0.6 is 11.3 Å². The van der Waals surface area contributed by atoms with Gasteiger partial charge in [-0.25, -0.2) is 9.97 Å². The van der Waals surface area contributed by atoms with Crippen LogP contribution in [0, 0.1) is 0 Å². The maximum absolute atomic E-state index is 5.08. The molecule has 0 fully saturated rings. The summed E-state index contributed by atoms with van der Waals surface area (Å²) in [7, 11) is 0. The molecule has 0 aliphatic carbocycles. The molecule has 1 atom stereocenters. The smallest absolute Gasteiger partial charge is 0.160 e. The van der Waals surface area contributed by atoms with Crippen molar-refractivity contribution in [3.05, 3.63) is 181 Å². The Morgan fingerprint density at radius 2 is 1.16 bits per heavy atom. The number of aromatic nitrogens is 3. The Hall–Kier alpha value is -6.30. The van der Waals surface area contributed by atoms with Gasteiger partial charge in [0.2, 0.25) is 0 Å². The molecule has 0 amide bonds. The molecule has 0 saturated carbocycles. The van der Waals surface area contributed by atoms with Crippen molar-refractivity contribution in [2.45, 2.75) is 6.04 Å². The van der Waals surface area contributed by atoms with Crippen molar-refractivity contribution in [2.75, 3.05) is 5.32 Å². The summed E-state index contributed by atoms with van der Waals surface area (Å²) in [6, 6.07) is 59.9. The second kappa shape index (κ2) is 11.7. The van der Waals surface area contributed by atoms with Gasteiger partial charge < -0.3 is 9.88 Å². The first-order valence-electron chi connectivity index (χ1n) is 16.9. The minimum atomic E-state index is 0.0195. The van der Waals surface area contributed by atoms with Crippen LogP contribution in [0.4, 0.5) is 5.69 Å². The van der Waals surface area contributed by atoms with Gasteiger partial charge in [0.15, 0.2) is 5.82 Å². The van der Waals surface area contributed by atoms with Crippen LogP contribution < -0.4 is 5.32 Å². The lowest BCUT2D eigenvalue weighted by atomic mass is 9.91. The van der Waals surface area contributed by atoms with Crippen LogP contribution in [0.25, 0.3) is 71.2 Å². The molecule has 50 heavy (non-hydrogen) atoms. The van der Waals surface area contributed by atoms with Gasteiger partial charge in [0, 0.05) is 49.5 Å². The average molecular weight is 659 g/mol. The monoisotopic (exact) mass is 658 g/mol. The highest BCUT2D eigenvalue weighted by atomic mass is 32.1. The van der Waals surface area contributed by atoms with Gasteiger partial charge in [0.05, 0.1) is 33.2 Å². The molecule has 4 nitrogen and oxygen atoms in total. The molecular weight excluding hydrogens is 629 g/mol. The number of thiophene rings is 1. The average Bonchev–Trinajstić information content (AvgIpc) is 3.74. The van der Waals surface area contributed by atoms with Gasteiger partial charge in [-0.3, -0.25) is 0 Å². The number of anilines is 1. The molecule has 1 aliphatic heterocycles. The second-order valence-electron chi connectivity index (χ2n) is 12.6. The maximum atomic E-state index is 5.08. The molecule has 9 aromatic rings. The van der Waals surface area contributed by atoms with E-state index in [0.717, 1.165) is 33.8 Å². The van der Waals surface area contributed by atoms with Crippen LogP contribution in [-0.2, 0) is 0 Å². The van der Waals surface area contributed by atoms with E-state index in [0.29, 0.717) is 5.82 Å². The Kier molecular flexibility index (Phi) is 6.71. The Bertz CT molecular complexity index is 2600. The summed E-state index contributed by atoms with van der Waals surface area (Å²) in [5.41, 5.74) is 13.5. The molecule has 0 radical (unpaired) electrons. The van der Waals surface area contributed by atoms with Crippen LogP contribution in [-0.4, -0.2) is 14.5 Å². The third kappa shape index (κ3) is 4.66. The van der Waals surface area contributed by atoms with Gasteiger partial charge in [-0.1, -0.05) is 140 Å². The van der Waals surface area contributed by atoms with E-state index in [-0.39, 0.29) is 6.04 Å². The van der Waals surface area contributed by atoms with E-state index in [1.165, 1.54) is 48.4 Å².